The van der Waals surface area contributed by atoms with Crippen molar-refractivity contribution in [2.75, 3.05) is 38.0 Å². The number of urea groups is 1. The van der Waals surface area contributed by atoms with Gasteiger partial charge in [0.05, 0.1) is 5.69 Å². The lowest BCUT2D eigenvalue weighted by molar-refractivity contribution is -0.137. The fraction of sp³-hybridized carbons (Fsp3) is 0.426. The smallest absolute Gasteiger partial charge is 0.407 e. The summed E-state index contributed by atoms with van der Waals surface area (Å²) in [4.78, 5) is 126. The molecule has 0 saturated heterocycles. The molecule has 2 atom stereocenters. The second-order valence-electron chi connectivity index (χ2n) is 18.6. The van der Waals surface area contributed by atoms with Crippen LogP contribution < -0.4 is 43.4 Å². The van der Waals surface area contributed by atoms with Gasteiger partial charge in [0.25, 0.3) is 17.7 Å². The summed E-state index contributed by atoms with van der Waals surface area (Å²) in [5.74, 6) is -2.85. The molecule has 2 aliphatic heterocycles. The number of hydrogen-bond acceptors (Lipinski definition) is 13. The van der Waals surface area contributed by atoms with Gasteiger partial charge in [-0.2, -0.15) is 0 Å². The molecule has 0 bridgehead atoms. The number of amides is 10. The second kappa shape index (κ2) is 30.7. The number of nitrogens with two attached hydrogens (primary N) is 2. The summed E-state index contributed by atoms with van der Waals surface area (Å²) in [5, 5.41) is 16.2. The number of alkyl carbamates (subject to hydrolysis) is 1. The molecular formula is C54H72N12O10. The topological polar surface area (TPSA) is 318 Å². The number of carbonyl (C=O) groups is 9. The van der Waals surface area contributed by atoms with Gasteiger partial charge in [0.15, 0.2) is 0 Å². The number of nitrogens with one attached hydrogen (secondary N) is 6. The van der Waals surface area contributed by atoms with Crippen LogP contribution in [0.15, 0.2) is 93.7 Å². The first kappa shape index (κ1) is 60.1. The Morgan fingerprint density at radius 2 is 1.61 bits per heavy atom. The first-order chi connectivity index (χ1) is 36.3. The van der Waals surface area contributed by atoms with Crippen molar-refractivity contribution in [2.24, 2.45) is 27.4 Å². The number of hydrogen-bond donors (Lipinski definition) is 8. The maximum Gasteiger partial charge on any atom is 0.407 e. The van der Waals surface area contributed by atoms with Crippen molar-refractivity contribution in [1.82, 2.24) is 36.4 Å². The molecule has 2 aromatic rings. The normalized spacial score (nSPS) is 14.1. The highest BCUT2D eigenvalue weighted by Crippen LogP contribution is 2.29. The van der Waals surface area contributed by atoms with Crippen molar-refractivity contribution in [3.63, 3.8) is 0 Å². The fourth-order valence-corrected chi connectivity index (χ4v) is 8.04. The molecule has 76 heavy (non-hydrogen) atoms. The monoisotopic (exact) mass is 1050 g/mol. The highest BCUT2D eigenvalue weighted by molar-refractivity contribution is 6.13. The number of ether oxygens (including phenoxy) is 1. The SMILES string of the molecule is C=N/C=C(\C=C(/C)NC(=O)c1ccc2c(c1)N=C(N)CC(C(=O)N(CCC)CCC)=C2)CNC(=O)OCc1ccc(NC(=O)C(CCCNC(N)=O)NC(=O)C(NC(=O)CCCCCN2C(=O)C=CC2=O)C(C)C)cc1. The zero-order valence-electron chi connectivity index (χ0n) is 44.0. The number of fused-ring (bicyclic) bond motifs is 1. The predicted molar refractivity (Wildman–Crippen MR) is 289 cm³/mol. The average Bonchev–Trinajstić information content (AvgIpc) is 3.59. The van der Waals surface area contributed by atoms with Crippen LogP contribution in [0.3, 0.4) is 0 Å². The van der Waals surface area contributed by atoms with Crippen molar-refractivity contribution < 1.29 is 47.9 Å². The van der Waals surface area contributed by atoms with Gasteiger partial charge in [-0.15, -0.1) is 0 Å². The van der Waals surface area contributed by atoms with Crippen LogP contribution in [0.2, 0.25) is 0 Å². The summed E-state index contributed by atoms with van der Waals surface area (Å²) in [6, 6.07) is 8.64. The van der Waals surface area contributed by atoms with Crippen LogP contribution in [0.1, 0.15) is 114 Å². The number of allylic oxidation sites excluding steroid dienone is 1. The lowest BCUT2D eigenvalue weighted by Gasteiger charge is -2.25. The molecule has 0 fully saturated rings. The molecule has 2 aliphatic rings. The molecular weight excluding hydrogens is 977 g/mol. The molecule has 4 rings (SSSR count). The Balaban J connectivity index is 1.28. The van der Waals surface area contributed by atoms with Crippen molar-refractivity contribution in [1.29, 1.82) is 0 Å². The molecule has 0 aliphatic carbocycles. The van der Waals surface area contributed by atoms with Crippen molar-refractivity contribution in [3.8, 4) is 0 Å². The molecule has 22 nitrogen and oxygen atoms in total. The van der Waals surface area contributed by atoms with E-state index in [9.17, 15) is 43.2 Å². The van der Waals surface area contributed by atoms with E-state index in [0.717, 1.165) is 17.7 Å². The Morgan fingerprint density at radius 1 is 0.908 bits per heavy atom. The highest BCUT2D eigenvalue weighted by atomic mass is 16.5. The quantitative estimate of drug-likeness (QED) is 0.0238. The molecule has 0 saturated carbocycles. The largest absolute Gasteiger partial charge is 0.445 e. The molecule has 22 heteroatoms. The van der Waals surface area contributed by atoms with E-state index in [1.54, 1.807) is 75.4 Å². The number of rotatable bonds is 29. The summed E-state index contributed by atoms with van der Waals surface area (Å²) in [6.45, 7) is 14.2. The van der Waals surface area contributed by atoms with Crippen LogP contribution in [0.4, 0.5) is 21.0 Å². The van der Waals surface area contributed by atoms with Crippen LogP contribution >= 0.6 is 0 Å². The van der Waals surface area contributed by atoms with E-state index in [-0.39, 0.29) is 87.3 Å². The van der Waals surface area contributed by atoms with Gasteiger partial charge in [0, 0.05) is 92.0 Å². The number of carbonyl (C=O) groups excluding carboxylic acids is 9. The molecule has 408 valence electrons. The van der Waals surface area contributed by atoms with Gasteiger partial charge in [-0.25, -0.2) is 14.6 Å². The third-order valence-electron chi connectivity index (χ3n) is 11.9. The van der Waals surface area contributed by atoms with Crippen LogP contribution in [0.25, 0.3) is 6.08 Å². The average molecular weight is 1050 g/mol. The lowest BCUT2D eigenvalue weighted by Crippen LogP contribution is -2.54. The number of amidine groups is 1. The minimum atomic E-state index is -1.07. The Kier molecular flexibility index (Phi) is 24.3. The van der Waals surface area contributed by atoms with Gasteiger partial charge < -0.3 is 53.0 Å². The Morgan fingerprint density at radius 3 is 2.25 bits per heavy atom. The van der Waals surface area contributed by atoms with Gasteiger partial charge in [-0.3, -0.25) is 43.5 Å². The third kappa shape index (κ3) is 19.8. The first-order valence-electron chi connectivity index (χ1n) is 25.4. The van der Waals surface area contributed by atoms with E-state index in [1.807, 2.05) is 18.7 Å². The van der Waals surface area contributed by atoms with Gasteiger partial charge in [-0.1, -0.05) is 52.3 Å². The Bertz CT molecular complexity index is 2600. The molecule has 10 amide bonds. The van der Waals surface area contributed by atoms with Gasteiger partial charge in [0.1, 0.15) is 24.5 Å². The molecule has 0 radical (unpaired) electrons. The number of nitrogens with zero attached hydrogens (tertiary/aromatic N) is 4. The second-order valence-corrected chi connectivity index (χ2v) is 18.6. The molecule has 2 aromatic carbocycles. The van der Waals surface area contributed by atoms with E-state index in [2.05, 4.69) is 48.6 Å². The van der Waals surface area contributed by atoms with E-state index in [4.69, 9.17) is 16.2 Å². The summed E-state index contributed by atoms with van der Waals surface area (Å²) in [6.07, 6.45) is 10.4. The number of imide groups is 1. The highest BCUT2D eigenvalue weighted by Gasteiger charge is 2.29. The molecule has 10 N–H and O–H groups in total. The van der Waals surface area contributed by atoms with Crippen molar-refractivity contribution >= 4 is 83.5 Å². The van der Waals surface area contributed by atoms with Crippen LogP contribution in [-0.2, 0) is 40.1 Å². The summed E-state index contributed by atoms with van der Waals surface area (Å²) < 4.78 is 5.41. The fourth-order valence-electron chi connectivity index (χ4n) is 8.04. The molecule has 0 aromatic heterocycles. The predicted octanol–water partition coefficient (Wildman–Crippen LogP) is 4.75. The maximum atomic E-state index is 13.6. The number of primary amides is 1. The number of aliphatic imine (C=N–C) groups is 2. The number of anilines is 1. The van der Waals surface area contributed by atoms with E-state index in [1.165, 1.54) is 18.4 Å². The standard InChI is InChI=1S/C54H72N12O10/c1-7-24-65(25-8-2)52(73)40-28-38-17-18-39(29-43(38)62-44(55)30-40)49(70)60-35(5)27-37(31-57-6)32-59-54(75)76-33-36-15-19-41(20-16-36)61-50(71)42(13-12-23-58-53(56)74)63-51(72)48(34(3)4)64-45(67)14-10-9-11-26-66-46(68)21-22-47(66)69/h15-22,27-29,31,34,42,48H,6-14,23-26,30,32-33H2,1-5H3,(H2,55,62)(H,59,75)(H,60,70)(H,61,71)(H,63,72)(H,64,67)(H3,56,58,74)/b35-27+,37-31+. The number of benzene rings is 2. The molecule has 2 heterocycles. The van der Waals surface area contributed by atoms with Crippen LogP contribution in [0, 0.1) is 5.92 Å². The van der Waals surface area contributed by atoms with E-state index >= 15 is 0 Å². The molecule has 0 spiro atoms. The molecule has 2 unspecified atom stereocenters. The summed E-state index contributed by atoms with van der Waals surface area (Å²) >= 11 is 0. The zero-order valence-corrected chi connectivity index (χ0v) is 44.0. The zero-order chi connectivity index (χ0) is 55.7. The summed E-state index contributed by atoms with van der Waals surface area (Å²) in [7, 11) is 0. The maximum absolute atomic E-state index is 13.6. The van der Waals surface area contributed by atoms with Gasteiger partial charge >= 0.3 is 12.1 Å². The van der Waals surface area contributed by atoms with Crippen LogP contribution in [0.5, 0.6) is 0 Å². The Labute approximate surface area is 443 Å². The van der Waals surface area contributed by atoms with Gasteiger partial charge in [-0.05, 0) is 106 Å². The third-order valence-corrected chi connectivity index (χ3v) is 11.9. The van der Waals surface area contributed by atoms with Crippen LogP contribution in [-0.4, -0.2) is 121 Å². The van der Waals surface area contributed by atoms with Gasteiger partial charge in [0.2, 0.25) is 23.6 Å². The van der Waals surface area contributed by atoms with Crippen molar-refractivity contribution in [2.45, 2.75) is 111 Å². The number of unbranched alkanes of at least 4 members (excludes halogenated alkanes) is 2. The first-order valence-corrected chi connectivity index (χ1v) is 25.4. The summed E-state index contributed by atoms with van der Waals surface area (Å²) in [5.41, 5.74) is 15.3. The lowest BCUT2D eigenvalue weighted by atomic mass is 10.0. The minimum absolute atomic E-state index is 0.0299. The Hall–Kier alpha value is -8.43. The van der Waals surface area contributed by atoms with Crippen molar-refractivity contribution in [3.05, 3.63) is 100 Å². The van der Waals surface area contributed by atoms with E-state index in [0.29, 0.717) is 77.3 Å². The minimum Gasteiger partial charge on any atom is -0.445 e. The van der Waals surface area contributed by atoms with E-state index < -0.39 is 41.9 Å².